The van der Waals surface area contributed by atoms with Crippen LogP contribution in [0.1, 0.15) is 0 Å². The van der Waals surface area contributed by atoms with Gasteiger partial charge in [0, 0.05) is 17.5 Å². The van der Waals surface area contributed by atoms with Crippen LogP contribution in [0.3, 0.4) is 0 Å². The first-order valence-electron chi connectivity index (χ1n) is 5.87. The quantitative estimate of drug-likeness (QED) is 0.839. The van der Waals surface area contributed by atoms with E-state index in [2.05, 4.69) is 0 Å². The topological polar surface area (TPSA) is 40.5 Å². The van der Waals surface area contributed by atoms with Crippen LogP contribution in [-0.4, -0.2) is 17.9 Å². The van der Waals surface area contributed by atoms with Gasteiger partial charge in [0.1, 0.15) is 0 Å². The molecule has 0 fully saturated rings. The van der Waals surface area contributed by atoms with Gasteiger partial charge in [0.25, 0.3) is 0 Å². The van der Waals surface area contributed by atoms with Crippen LogP contribution in [-0.2, 0) is 4.57 Å². The first-order chi connectivity index (χ1) is 8.83. The maximum atomic E-state index is 12.3. The van der Waals surface area contributed by atoms with Crippen LogP contribution in [0.5, 0.6) is 0 Å². The number of para-hydroxylation sites is 2. The fraction of sp³-hybridized carbons (Fsp3) is 0.143. The molecule has 2 rings (SSSR count). The van der Waals surface area contributed by atoms with Crippen molar-refractivity contribution in [1.29, 1.82) is 0 Å². The number of aliphatic hydroxyl groups is 1. The lowest BCUT2D eigenvalue weighted by atomic mass is 10.3. The standard InChI is InChI=1S/C14H16NO2P/c16-11-12-18(17)15(13-7-3-1-4-8-13)14-9-5-2-6-10-14/h1-10,16,18H,11-12H2. The average molecular weight is 261 g/mol. The molecule has 94 valence electrons. The van der Waals surface area contributed by atoms with Gasteiger partial charge < -0.3 is 9.67 Å². The number of hydrogen-bond donors (Lipinski definition) is 1. The Bertz CT molecular complexity index is 462. The summed E-state index contributed by atoms with van der Waals surface area (Å²) in [5, 5.41) is 8.98. The molecule has 18 heavy (non-hydrogen) atoms. The lowest BCUT2D eigenvalue weighted by Crippen LogP contribution is -2.09. The summed E-state index contributed by atoms with van der Waals surface area (Å²) in [6.45, 7) is -0.0615. The van der Waals surface area contributed by atoms with Crippen molar-refractivity contribution in [3.63, 3.8) is 0 Å². The number of anilines is 2. The van der Waals surface area contributed by atoms with Crippen molar-refractivity contribution < 1.29 is 9.67 Å². The maximum absolute atomic E-state index is 12.3. The minimum atomic E-state index is -2.05. The molecule has 0 aliphatic carbocycles. The first-order valence-corrected chi connectivity index (χ1v) is 7.43. The second-order valence-corrected chi connectivity index (χ2v) is 5.61. The number of aliphatic hydroxyl groups excluding tert-OH is 1. The van der Waals surface area contributed by atoms with Crippen LogP contribution in [0.4, 0.5) is 11.4 Å². The van der Waals surface area contributed by atoms with Crippen molar-refractivity contribution in [2.75, 3.05) is 17.4 Å². The van der Waals surface area contributed by atoms with Crippen LogP contribution in [0.2, 0.25) is 0 Å². The predicted octanol–water partition coefficient (Wildman–Crippen LogP) is 3.29. The second-order valence-electron chi connectivity index (χ2n) is 3.87. The van der Waals surface area contributed by atoms with Crippen molar-refractivity contribution >= 4 is 19.3 Å². The van der Waals surface area contributed by atoms with E-state index in [0.29, 0.717) is 6.16 Å². The van der Waals surface area contributed by atoms with Gasteiger partial charge in [-0.05, 0) is 24.3 Å². The molecular weight excluding hydrogens is 245 g/mol. The molecule has 1 unspecified atom stereocenters. The Morgan fingerprint density at radius 2 is 1.33 bits per heavy atom. The Balaban J connectivity index is 2.38. The zero-order valence-electron chi connectivity index (χ0n) is 9.99. The highest BCUT2D eigenvalue weighted by molar-refractivity contribution is 7.47. The van der Waals surface area contributed by atoms with E-state index in [1.165, 1.54) is 0 Å². The molecule has 0 aliphatic rings. The zero-order chi connectivity index (χ0) is 12.8. The third-order valence-electron chi connectivity index (χ3n) is 2.60. The molecule has 0 amide bonds. The molecule has 0 radical (unpaired) electrons. The number of nitrogens with zero attached hydrogens (tertiary/aromatic N) is 1. The summed E-state index contributed by atoms with van der Waals surface area (Å²) in [6, 6.07) is 19.2. The van der Waals surface area contributed by atoms with Crippen molar-refractivity contribution in [2.45, 2.75) is 0 Å². The highest BCUT2D eigenvalue weighted by Gasteiger charge is 2.14. The summed E-state index contributed by atoms with van der Waals surface area (Å²) in [5.41, 5.74) is 1.78. The van der Waals surface area contributed by atoms with Gasteiger partial charge in [-0.25, -0.2) is 0 Å². The molecule has 0 aromatic heterocycles. The van der Waals surface area contributed by atoms with Crippen LogP contribution in [0, 0.1) is 0 Å². The molecule has 3 nitrogen and oxygen atoms in total. The van der Waals surface area contributed by atoms with Gasteiger partial charge >= 0.3 is 0 Å². The Labute approximate surface area is 108 Å². The fourth-order valence-corrected chi connectivity index (χ4v) is 3.09. The molecule has 4 heteroatoms. The molecular formula is C14H16NO2P. The van der Waals surface area contributed by atoms with Gasteiger partial charge in [0.2, 0.25) is 0 Å². The molecule has 0 aliphatic heterocycles. The van der Waals surface area contributed by atoms with Gasteiger partial charge in [0.15, 0.2) is 7.95 Å². The third-order valence-corrected chi connectivity index (χ3v) is 4.27. The summed E-state index contributed by atoms with van der Waals surface area (Å²) in [4.78, 5) is 0. The second kappa shape index (κ2) is 6.39. The van der Waals surface area contributed by atoms with Gasteiger partial charge in [0.05, 0.1) is 6.61 Å². The van der Waals surface area contributed by atoms with Gasteiger partial charge in [-0.15, -0.1) is 0 Å². The van der Waals surface area contributed by atoms with Crippen molar-refractivity contribution in [1.82, 2.24) is 0 Å². The van der Waals surface area contributed by atoms with E-state index in [9.17, 15) is 4.57 Å². The minimum Gasteiger partial charge on any atom is -0.396 e. The Morgan fingerprint density at radius 3 is 1.72 bits per heavy atom. The fourth-order valence-electron chi connectivity index (χ4n) is 1.80. The van der Waals surface area contributed by atoms with Crippen LogP contribution in [0.25, 0.3) is 0 Å². The SMILES string of the molecule is O=[PH](CCO)N(c1ccccc1)c1ccccc1. The number of hydrogen-bond acceptors (Lipinski definition) is 2. The number of rotatable bonds is 5. The summed E-state index contributed by atoms with van der Waals surface area (Å²) in [5.74, 6) is 0. The van der Waals surface area contributed by atoms with E-state index in [-0.39, 0.29) is 6.61 Å². The van der Waals surface area contributed by atoms with Gasteiger partial charge in [-0.2, -0.15) is 0 Å². The monoisotopic (exact) mass is 261 g/mol. The smallest absolute Gasteiger partial charge is 0.167 e. The van der Waals surface area contributed by atoms with E-state index < -0.39 is 7.95 Å². The highest BCUT2D eigenvalue weighted by Crippen LogP contribution is 2.40. The van der Waals surface area contributed by atoms with Gasteiger partial charge in [-0.3, -0.25) is 4.67 Å². The molecule has 0 bridgehead atoms. The van der Waals surface area contributed by atoms with Crippen molar-refractivity contribution in [3.8, 4) is 0 Å². The highest BCUT2D eigenvalue weighted by atomic mass is 31.1. The van der Waals surface area contributed by atoms with E-state index in [1.54, 1.807) is 4.67 Å². The normalized spacial score (nSPS) is 12.1. The van der Waals surface area contributed by atoms with Crippen LogP contribution < -0.4 is 4.67 Å². The van der Waals surface area contributed by atoms with Gasteiger partial charge in [-0.1, -0.05) is 36.4 Å². The largest absolute Gasteiger partial charge is 0.396 e. The maximum Gasteiger partial charge on any atom is 0.167 e. The van der Waals surface area contributed by atoms with E-state index in [1.807, 2.05) is 60.7 Å². The minimum absolute atomic E-state index is 0.0615. The predicted molar refractivity (Wildman–Crippen MR) is 76.0 cm³/mol. The van der Waals surface area contributed by atoms with Crippen LogP contribution in [0.15, 0.2) is 60.7 Å². The molecule has 1 atom stereocenters. The molecule has 0 saturated heterocycles. The lowest BCUT2D eigenvalue weighted by molar-refractivity contribution is 0.320. The summed E-state index contributed by atoms with van der Waals surface area (Å²) >= 11 is 0. The lowest BCUT2D eigenvalue weighted by Gasteiger charge is -2.24. The molecule has 2 aromatic rings. The molecule has 0 saturated carbocycles. The third kappa shape index (κ3) is 3.00. The number of benzene rings is 2. The van der Waals surface area contributed by atoms with E-state index in [0.717, 1.165) is 11.4 Å². The van der Waals surface area contributed by atoms with Crippen molar-refractivity contribution in [2.24, 2.45) is 0 Å². The Kier molecular flexibility index (Phi) is 4.57. The Hall–Kier alpha value is -1.57. The van der Waals surface area contributed by atoms with E-state index >= 15 is 0 Å². The Morgan fingerprint density at radius 1 is 0.889 bits per heavy atom. The summed E-state index contributed by atoms with van der Waals surface area (Å²) in [7, 11) is -2.05. The zero-order valence-corrected chi connectivity index (χ0v) is 11.0. The molecule has 0 spiro atoms. The van der Waals surface area contributed by atoms with Crippen molar-refractivity contribution in [3.05, 3.63) is 60.7 Å². The molecule has 2 aromatic carbocycles. The molecule has 0 heterocycles. The first kappa shape index (κ1) is 12.9. The average Bonchev–Trinajstić information content (AvgIpc) is 2.42. The molecule has 1 N–H and O–H groups in total. The van der Waals surface area contributed by atoms with E-state index in [4.69, 9.17) is 5.11 Å². The summed E-state index contributed by atoms with van der Waals surface area (Å²) < 4.78 is 14.1. The van der Waals surface area contributed by atoms with Crippen LogP contribution >= 0.6 is 7.95 Å². The summed E-state index contributed by atoms with van der Waals surface area (Å²) in [6.07, 6.45) is 0.300.